The van der Waals surface area contributed by atoms with Gasteiger partial charge >= 0.3 is 0 Å². The number of oxazole rings is 1. The molecular formula is C22H26N2O3S. The molecule has 0 aliphatic carbocycles. The molecule has 1 N–H and O–H groups in total. The van der Waals surface area contributed by atoms with E-state index in [2.05, 4.69) is 17.2 Å². The van der Waals surface area contributed by atoms with Crippen molar-refractivity contribution in [3.8, 4) is 0 Å². The van der Waals surface area contributed by atoms with Crippen molar-refractivity contribution >= 4 is 15.7 Å². The molecule has 0 aliphatic rings. The van der Waals surface area contributed by atoms with Gasteiger partial charge in [0, 0.05) is 13.0 Å². The monoisotopic (exact) mass is 398 g/mol. The number of rotatable bonds is 9. The summed E-state index contributed by atoms with van der Waals surface area (Å²) >= 11 is 0. The number of aromatic nitrogens is 1. The van der Waals surface area contributed by atoms with E-state index in [1.165, 1.54) is 0 Å². The molecule has 5 nitrogen and oxygen atoms in total. The van der Waals surface area contributed by atoms with E-state index in [1.807, 2.05) is 49.4 Å². The van der Waals surface area contributed by atoms with Crippen LogP contribution >= 0.6 is 0 Å². The fourth-order valence-electron chi connectivity index (χ4n) is 2.87. The first kappa shape index (κ1) is 20.1. The van der Waals surface area contributed by atoms with Crippen LogP contribution in [0.4, 0.5) is 5.88 Å². The average molecular weight is 399 g/mol. The molecule has 3 rings (SSSR count). The lowest BCUT2D eigenvalue weighted by molar-refractivity contribution is 0.495. The third kappa shape index (κ3) is 4.62. The largest absolute Gasteiger partial charge is 0.424 e. The van der Waals surface area contributed by atoms with Crippen LogP contribution in [0.1, 0.15) is 43.7 Å². The summed E-state index contributed by atoms with van der Waals surface area (Å²) in [6.07, 6.45) is 3.34. The standard InChI is InChI=1S/C22H26N2O3S/c1-3-5-11-20-24-22(21(27-20)23-16-18-9-7-6-8-10-18)28(25,26)19-14-12-17(4-2)13-15-19/h6-10,12-15,23H,3-5,11,16H2,1-2H3. The van der Waals surface area contributed by atoms with Crippen LogP contribution < -0.4 is 5.32 Å². The van der Waals surface area contributed by atoms with Crippen LogP contribution in [0, 0.1) is 0 Å². The average Bonchev–Trinajstić information content (AvgIpc) is 3.15. The molecule has 0 aliphatic heterocycles. The highest BCUT2D eigenvalue weighted by Gasteiger charge is 2.28. The molecule has 28 heavy (non-hydrogen) atoms. The van der Waals surface area contributed by atoms with Gasteiger partial charge in [0.15, 0.2) is 5.89 Å². The lowest BCUT2D eigenvalue weighted by Crippen LogP contribution is -2.07. The van der Waals surface area contributed by atoms with Gasteiger partial charge in [-0.05, 0) is 36.1 Å². The summed E-state index contributed by atoms with van der Waals surface area (Å²) in [4.78, 5) is 4.56. The highest BCUT2D eigenvalue weighted by molar-refractivity contribution is 7.91. The molecule has 148 valence electrons. The Morgan fingerprint density at radius 2 is 1.68 bits per heavy atom. The van der Waals surface area contributed by atoms with E-state index in [4.69, 9.17) is 4.42 Å². The first-order valence-corrected chi connectivity index (χ1v) is 11.1. The number of unbranched alkanes of at least 4 members (excludes halogenated alkanes) is 1. The van der Waals surface area contributed by atoms with Crippen molar-refractivity contribution in [1.82, 2.24) is 4.98 Å². The third-order valence-electron chi connectivity index (χ3n) is 4.58. The van der Waals surface area contributed by atoms with Crippen LogP contribution in [0.3, 0.4) is 0 Å². The number of sulfone groups is 1. The highest BCUT2D eigenvalue weighted by Crippen LogP contribution is 2.29. The Kier molecular flexibility index (Phi) is 6.52. The van der Waals surface area contributed by atoms with Gasteiger partial charge < -0.3 is 9.73 Å². The smallest absolute Gasteiger partial charge is 0.233 e. The van der Waals surface area contributed by atoms with E-state index < -0.39 is 9.84 Å². The van der Waals surface area contributed by atoms with Gasteiger partial charge in [-0.1, -0.05) is 62.7 Å². The van der Waals surface area contributed by atoms with Gasteiger partial charge in [-0.25, -0.2) is 8.42 Å². The summed E-state index contributed by atoms with van der Waals surface area (Å²) in [5, 5.41) is 3.07. The maximum absolute atomic E-state index is 13.2. The Labute approximate surface area is 166 Å². The van der Waals surface area contributed by atoms with Gasteiger partial charge in [0.25, 0.3) is 0 Å². The summed E-state index contributed by atoms with van der Waals surface area (Å²) in [6.45, 7) is 4.57. The highest BCUT2D eigenvalue weighted by atomic mass is 32.2. The number of benzene rings is 2. The lowest BCUT2D eigenvalue weighted by atomic mass is 10.2. The molecule has 0 unspecified atom stereocenters. The van der Waals surface area contributed by atoms with Gasteiger partial charge in [-0.2, -0.15) is 4.98 Å². The van der Waals surface area contributed by atoms with E-state index in [1.54, 1.807) is 12.1 Å². The van der Waals surface area contributed by atoms with E-state index in [0.29, 0.717) is 18.9 Å². The van der Waals surface area contributed by atoms with E-state index in [0.717, 1.165) is 30.4 Å². The van der Waals surface area contributed by atoms with Gasteiger partial charge in [0.2, 0.25) is 20.7 Å². The number of hydrogen-bond acceptors (Lipinski definition) is 5. The lowest BCUT2D eigenvalue weighted by Gasteiger charge is -2.07. The third-order valence-corrected chi connectivity index (χ3v) is 6.26. The SMILES string of the molecule is CCCCc1nc(S(=O)(=O)c2ccc(CC)cc2)c(NCc2ccccc2)o1. The van der Waals surface area contributed by atoms with Gasteiger partial charge in [0.05, 0.1) is 4.90 Å². The summed E-state index contributed by atoms with van der Waals surface area (Å²) in [5.74, 6) is 0.649. The van der Waals surface area contributed by atoms with Crippen molar-refractivity contribution in [3.63, 3.8) is 0 Å². The van der Waals surface area contributed by atoms with Crippen molar-refractivity contribution in [2.75, 3.05) is 5.32 Å². The molecular weight excluding hydrogens is 372 g/mol. The van der Waals surface area contributed by atoms with Crippen molar-refractivity contribution in [1.29, 1.82) is 0 Å². The molecule has 0 saturated carbocycles. The minimum absolute atomic E-state index is 0.0428. The van der Waals surface area contributed by atoms with Crippen molar-refractivity contribution in [3.05, 3.63) is 71.6 Å². The van der Waals surface area contributed by atoms with Gasteiger partial charge in [-0.15, -0.1) is 0 Å². The van der Waals surface area contributed by atoms with Crippen LogP contribution in [-0.4, -0.2) is 13.4 Å². The Hall–Kier alpha value is -2.60. The second kappa shape index (κ2) is 9.06. The summed E-state index contributed by atoms with van der Waals surface area (Å²) in [7, 11) is -3.77. The topological polar surface area (TPSA) is 72.2 Å². The number of nitrogens with zero attached hydrogens (tertiary/aromatic N) is 1. The molecule has 3 aromatic rings. The van der Waals surface area contributed by atoms with Crippen LogP contribution in [0.15, 0.2) is 68.9 Å². The molecule has 0 spiro atoms. The zero-order chi connectivity index (χ0) is 20.0. The molecule has 1 heterocycles. The van der Waals surface area contributed by atoms with Crippen molar-refractivity contribution in [2.24, 2.45) is 0 Å². The molecule has 2 aromatic carbocycles. The molecule has 0 atom stereocenters. The molecule has 0 radical (unpaired) electrons. The molecule has 0 saturated heterocycles. The Morgan fingerprint density at radius 3 is 2.32 bits per heavy atom. The molecule has 0 fully saturated rings. The normalized spacial score (nSPS) is 11.5. The molecule has 0 amide bonds. The van der Waals surface area contributed by atoms with Crippen LogP contribution in [0.25, 0.3) is 0 Å². The van der Waals surface area contributed by atoms with Crippen LogP contribution in [0.2, 0.25) is 0 Å². The van der Waals surface area contributed by atoms with Crippen molar-refractivity contribution < 1.29 is 12.8 Å². The van der Waals surface area contributed by atoms with Gasteiger partial charge in [0.1, 0.15) is 0 Å². The van der Waals surface area contributed by atoms with Gasteiger partial charge in [-0.3, -0.25) is 0 Å². The number of aryl methyl sites for hydroxylation is 2. The predicted octanol–water partition coefficient (Wildman–Crippen LogP) is 5.02. The number of nitrogens with one attached hydrogen (secondary N) is 1. The van der Waals surface area contributed by atoms with Crippen LogP contribution in [0.5, 0.6) is 0 Å². The second-order valence-corrected chi connectivity index (χ2v) is 8.55. The Morgan fingerprint density at radius 1 is 0.964 bits per heavy atom. The first-order chi connectivity index (χ1) is 13.5. The quantitative estimate of drug-likeness (QED) is 0.548. The van der Waals surface area contributed by atoms with Crippen molar-refractivity contribution in [2.45, 2.75) is 56.0 Å². The summed E-state index contributed by atoms with van der Waals surface area (Å²) < 4.78 is 32.2. The van der Waals surface area contributed by atoms with E-state index in [9.17, 15) is 8.42 Å². The Balaban J connectivity index is 1.93. The zero-order valence-corrected chi connectivity index (χ0v) is 17.1. The fraction of sp³-hybridized carbons (Fsp3) is 0.318. The summed E-state index contributed by atoms with van der Waals surface area (Å²) in [6, 6.07) is 16.7. The van der Waals surface area contributed by atoms with Crippen LogP contribution in [-0.2, 0) is 29.2 Å². The Bertz CT molecular complexity index is 994. The number of anilines is 1. The summed E-state index contributed by atoms with van der Waals surface area (Å²) in [5.41, 5.74) is 2.12. The first-order valence-electron chi connectivity index (χ1n) is 9.66. The minimum Gasteiger partial charge on any atom is -0.424 e. The minimum atomic E-state index is -3.77. The maximum atomic E-state index is 13.2. The fourth-order valence-corrected chi connectivity index (χ4v) is 4.17. The van der Waals surface area contributed by atoms with E-state index >= 15 is 0 Å². The molecule has 6 heteroatoms. The number of hydrogen-bond donors (Lipinski definition) is 1. The predicted molar refractivity (Wildman–Crippen MR) is 110 cm³/mol. The molecule has 0 bridgehead atoms. The zero-order valence-electron chi connectivity index (χ0n) is 16.3. The maximum Gasteiger partial charge on any atom is 0.233 e. The molecule has 1 aromatic heterocycles. The second-order valence-electron chi connectivity index (χ2n) is 6.69. The van der Waals surface area contributed by atoms with E-state index in [-0.39, 0.29) is 15.8 Å².